The van der Waals surface area contributed by atoms with E-state index in [2.05, 4.69) is 36.2 Å². The van der Waals surface area contributed by atoms with Gasteiger partial charge in [-0.15, -0.1) is 11.3 Å². The van der Waals surface area contributed by atoms with Gasteiger partial charge in [0.2, 0.25) is 0 Å². The minimum absolute atomic E-state index is 0.589. The summed E-state index contributed by atoms with van der Waals surface area (Å²) >= 11 is 1.47. The topological polar surface area (TPSA) is 45.9 Å². The Labute approximate surface area is 123 Å². The highest BCUT2D eigenvalue weighted by atomic mass is 32.1. The van der Waals surface area contributed by atoms with E-state index in [0.717, 1.165) is 39.7 Å². The normalized spacial score (nSPS) is 10.3. The molecule has 3 nitrogen and oxygen atoms in total. The number of aromatic nitrogens is 1. The van der Waals surface area contributed by atoms with Crippen LogP contribution in [0.5, 0.6) is 5.75 Å². The predicted octanol–water partition coefficient (Wildman–Crippen LogP) is 3.82. The van der Waals surface area contributed by atoms with E-state index in [1.165, 1.54) is 16.9 Å². The van der Waals surface area contributed by atoms with Gasteiger partial charge in [-0.25, -0.2) is 4.98 Å². The molecule has 1 heterocycles. The van der Waals surface area contributed by atoms with Crippen LogP contribution in [0.3, 0.4) is 0 Å². The van der Waals surface area contributed by atoms with E-state index in [-0.39, 0.29) is 0 Å². The van der Waals surface area contributed by atoms with Gasteiger partial charge in [-0.05, 0) is 37.5 Å². The summed E-state index contributed by atoms with van der Waals surface area (Å²) in [5.74, 6) is 0.928. The summed E-state index contributed by atoms with van der Waals surface area (Å²) in [7, 11) is 0. The summed E-state index contributed by atoms with van der Waals surface area (Å²) in [6.45, 7) is 6.71. The molecule has 0 spiro atoms. The maximum Gasteiger partial charge on any atom is 0.128 e. The van der Waals surface area contributed by atoms with Crippen molar-refractivity contribution in [3.05, 3.63) is 44.9 Å². The van der Waals surface area contributed by atoms with Crippen molar-refractivity contribution < 1.29 is 4.74 Å². The Morgan fingerprint density at radius 3 is 2.80 bits per heavy atom. The van der Waals surface area contributed by atoms with E-state index in [1.807, 2.05) is 13.8 Å². The Bertz CT molecular complexity index is 640. The number of hydrogen-bond acceptors (Lipinski definition) is 4. The van der Waals surface area contributed by atoms with Crippen LogP contribution in [-0.4, -0.2) is 11.6 Å². The van der Waals surface area contributed by atoms with Crippen molar-refractivity contribution in [2.24, 2.45) is 0 Å². The van der Waals surface area contributed by atoms with Crippen molar-refractivity contribution in [3.63, 3.8) is 0 Å². The standard InChI is InChI=1S/C16H18N2OS/c1-4-13-15(10-17)20-16(18-13)7-8-19-14-9-11(2)5-6-12(14)3/h5-6,9H,4,7-8H2,1-3H3. The van der Waals surface area contributed by atoms with E-state index < -0.39 is 0 Å². The first-order valence-corrected chi connectivity index (χ1v) is 7.54. The van der Waals surface area contributed by atoms with Crippen molar-refractivity contribution in [1.29, 1.82) is 5.26 Å². The van der Waals surface area contributed by atoms with E-state index >= 15 is 0 Å². The molecule has 0 saturated carbocycles. The molecule has 2 rings (SSSR count). The quantitative estimate of drug-likeness (QED) is 0.839. The lowest BCUT2D eigenvalue weighted by Gasteiger charge is -2.08. The molecule has 0 atom stereocenters. The predicted molar refractivity (Wildman–Crippen MR) is 81.3 cm³/mol. The van der Waals surface area contributed by atoms with Crippen molar-refractivity contribution >= 4 is 11.3 Å². The molecule has 0 aliphatic carbocycles. The summed E-state index contributed by atoms with van der Waals surface area (Å²) in [5.41, 5.74) is 3.24. The van der Waals surface area contributed by atoms with Crippen molar-refractivity contribution in [3.8, 4) is 11.8 Å². The molecular formula is C16H18N2OS. The van der Waals surface area contributed by atoms with Gasteiger partial charge in [0.1, 0.15) is 16.7 Å². The Morgan fingerprint density at radius 2 is 2.15 bits per heavy atom. The summed E-state index contributed by atoms with van der Waals surface area (Å²) in [4.78, 5) is 5.22. The number of nitriles is 1. The van der Waals surface area contributed by atoms with Crippen LogP contribution in [0.1, 0.15) is 33.6 Å². The average molecular weight is 286 g/mol. The van der Waals surface area contributed by atoms with Crippen LogP contribution in [0.25, 0.3) is 0 Å². The SMILES string of the molecule is CCc1nc(CCOc2cc(C)ccc2C)sc1C#N. The van der Waals surface area contributed by atoms with Gasteiger partial charge >= 0.3 is 0 Å². The number of benzene rings is 1. The molecular weight excluding hydrogens is 268 g/mol. The molecule has 0 N–H and O–H groups in total. The Kier molecular flexibility index (Phi) is 4.75. The number of thiazole rings is 1. The molecule has 1 aromatic heterocycles. The molecule has 0 aliphatic rings. The van der Waals surface area contributed by atoms with Crippen LogP contribution in [0, 0.1) is 25.2 Å². The third-order valence-corrected chi connectivity index (χ3v) is 4.16. The van der Waals surface area contributed by atoms with Gasteiger partial charge in [0, 0.05) is 6.42 Å². The van der Waals surface area contributed by atoms with Gasteiger partial charge in [0.25, 0.3) is 0 Å². The van der Waals surface area contributed by atoms with E-state index in [9.17, 15) is 0 Å². The molecule has 0 saturated heterocycles. The highest BCUT2D eigenvalue weighted by Crippen LogP contribution is 2.21. The van der Waals surface area contributed by atoms with Gasteiger partial charge in [0.05, 0.1) is 17.3 Å². The van der Waals surface area contributed by atoms with Crippen LogP contribution in [-0.2, 0) is 12.8 Å². The maximum atomic E-state index is 9.02. The fraction of sp³-hybridized carbons (Fsp3) is 0.375. The Hall–Kier alpha value is -1.86. The number of aryl methyl sites for hydroxylation is 3. The molecule has 1 aromatic carbocycles. The number of ether oxygens (including phenoxy) is 1. The number of hydrogen-bond donors (Lipinski definition) is 0. The van der Waals surface area contributed by atoms with Crippen LogP contribution in [0.15, 0.2) is 18.2 Å². The fourth-order valence-corrected chi connectivity index (χ4v) is 2.88. The lowest BCUT2D eigenvalue weighted by atomic mass is 10.1. The second kappa shape index (κ2) is 6.53. The van der Waals surface area contributed by atoms with E-state index in [1.54, 1.807) is 0 Å². The molecule has 104 valence electrons. The summed E-state index contributed by atoms with van der Waals surface area (Å²) in [6, 6.07) is 8.40. The van der Waals surface area contributed by atoms with Crippen LogP contribution in [0.4, 0.5) is 0 Å². The first-order valence-electron chi connectivity index (χ1n) is 6.72. The van der Waals surface area contributed by atoms with E-state index in [4.69, 9.17) is 10.00 Å². The highest BCUT2D eigenvalue weighted by Gasteiger charge is 2.09. The number of nitrogens with zero attached hydrogens (tertiary/aromatic N) is 2. The Balaban J connectivity index is 1.98. The van der Waals surface area contributed by atoms with Gasteiger partial charge in [-0.1, -0.05) is 19.1 Å². The summed E-state index contributed by atoms with van der Waals surface area (Å²) in [6.07, 6.45) is 1.55. The third kappa shape index (κ3) is 3.37. The van der Waals surface area contributed by atoms with Gasteiger partial charge in [-0.2, -0.15) is 5.26 Å². The van der Waals surface area contributed by atoms with Crippen molar-refractivity contribution in [2.75, 3.05) is 6.61 Å². The third-order valence-electron chi connectivity index (χ3n) is 3.10. The molecule has 20 heavy (non-hydrogen) atoms. The molecule has 2 aromatic rings. The second-order valence-electron chi connectivity index (χ2n) is 4.72. The van der Waals surface area contributed by atoms with Crippen LogP contribution in [0.2, 0.25) is 0 Å². The van der Waals surface area contributed by atoms with Crippen LogP contribution < -0.4 is 4.74 Å². The molecule has 0 fully saturated rings. The molecule has 0 bridgehead atoms. The second-order valence-corrected chi connectivity index (χ2v) is 5.80. The highest BCUT2D eigenvalue weighted by molar-refractivity contribution is 7.12. The zero-order chi connectivity index (χ0) is 14.5. The van der Waals surface area contributed by atoms with Crippen molar-refractivity contribution in [2.45, 2.75) is 33.6 Å². The maximum absolute atomic E-state index is 9.02. The Morgan fingerprint density at radius 1 is 1.35 bits per heavy atom. The van der Waals surface area contributed by atoms with Gasteiger partial charge in [-0.3, -0.25) is 0 Å². The smallest absolute Gasteiger partial charge is 0.128 e. The summed E-state index contributed by atoms with van der Waals surface area (Å²) < 4.78 is 5.82. The lowest BCUT2D eigenvalue weighted by Crippen LogP contribution is -2.02. The molecule has 0 aliphatic heterocycles. The minimum atomic E-state index is 0.589. The lowest BCUT2D eigenvalue weighted by molar-refractivity contribution is 0.319. The van der Waals surface area contributed by atoms with Crippen LogP contribution >= 0.6 is 11.3 Å². The fourth-order valence-electron chi connectivity index (χ4n) is 1.95. The molecule has 4 heteroatoms. The monoisotopic (exact) mass is 286 g/mol. The van der Waals surface area contributed by atoms with E-state index in [0.29, 0.717) is 6.61 Å². The first-order chi connectivity index (χ1) is 9.63. The summed E-state index contributed by atoms with van der Waals surface area (Å²) in [5, 5.41) is 10.00. The first kappa shape index (κ1) is 14.5. The zero-order valence-electron chi connectivity index (χ0n) is 12.1. The molecule has 0 unspecified atom stereocenters. The number of rotatable bonds is 5. The largest absolute Gasteiger partial charge is 0.493 e. The van der Waals surface area contributed by atoms with Gasteiger partial charge < -0.3 is 4.74 Å². The molecule has 0 radical (unpaired) electrons. The minimum Gasteiger partial charge on any atom is -0.493 e. The molecule has 0 amide bonds. The van der Waals surface area contributed by atoms with Gasteiger partial charge in [0.15, 0.2) is 0 Å². The average Bonchev–Trinajstić information content (AvgIpc) is 2.85. The van der Waals surface area contributed by atoms with Crippen molar-refractivity contribution in [1.82, 2.24) is 4.98 Å². The zero-order valence-corrected chi connectivity index (χ0v) is 12.9.